The molecule has 6 nitrogen and oxygen atoms in total. The van der Waals surface area contributed by atoms with Crippen molar-refractivity contribution in [2.45, 2.75) is 39.5 Å². The number of nitrogens with zero attached hydrogens (tertiary/aromatic N) is 3. The Morgan fingerprint density at radius 1 is 0.816 bits per heavy atom. The zero-order valence-electron chi connectivity index (χ0n) is 22.3. The number of pyridine rings is 1. The number of ether oxygens (including phenoxy) is 2. The summed E-state index contributed by atoms with van der Waals surface area (Å²) < 4.78 is 12.3. The van der Waals surface area contributed by atoms with E-state index in [-0.39, 0.29) is 6.10 Å². The van der Waals surface area contributed by atoms with E-state index in [1.54, 1.807) is 18.3 Å². The molecule has 4 aromatic rings. The number of hydrogen-bond acceptors (Lipinski definition) is 6. The lowest BCUT2D eigenvalue weighted by Gasteiger charge is -2.41. The van der Waals surface area contributed by atoms with Gasteiger partial charge in [-0.3, -0.25) is 9.88 Å². The number of aromatic nitrogens is 1. The van der Waals surface area contributed by atoms with Crippen molar-refractivity contribution in [1.29, 1.82) is 0 Å². The zero-order valence-corrected chi connectivity index (χ0v) is 22.3. The first-order valence-electron chi connectivity index (χ1n) is 13.1. The van der Waals surface area contributed by atoms with E-state index in [0.717, 1.165) is 41.5 Å². The summed E-state index contributed by atoms with van der Waals surface area (Å²) in [5, 5.41) is 0. The SMILES string of the molecule is CCN(CC)c1ccc(C2(N(c3ccccc3)c3ccc(OC(C)C)cc3)OC(=O)c3cccnc32)cc1. The van der Waals surface area contributed by atoms with Crippen LogP contribution in [0.5, 0.6) is 5.75 Å². The fraction of sp³-hybridized carbons (Fsp3) is 0.250. The first-order chi connectivity index (χ1) is 18.5. The molecule has 0 saturated heterocycles. The van der Waals surface area contributed by atoms with Crippen molar-refractivity contribution in [2.75, 3.05) is 22.9 Å². The molecule has 0 N–H and O–H groups in total. The van der Waals surface area contributed by atoms with Gasteiger partial charge in [-0.25, -0.2) is 4.79 Å². The third kappa shape index (κ3) is 4.47. The number of benzene rings is 3. The van der Waals surface area contributed by atoms with Gasteiger partial charge < -0.3 is 14.4 Å². The Bertz CT molecular complexity index is 1380. The van der Waals surface area contributed by atoms with Crippen LogP contribution in [0.2, 0.25) is 0 Å². The number of anilines is 3. The fourth-order valence-corrected chi connectivity index (χ4v) is 5.08. The maximum Gasteiger partial charge on any atom is 0.342 e. The second kappa shape index (κ2) is 10.6. The summed E-state index contributed by atoms with van der Waals surface area (Å²) in [6, 6.07) is 29.6. The molecule has 2 heterocycles. The molecule has 0 amide bonds. The molecule has 194 valence electrons. The molecule has 1 atom stereocenters. The van der Waals surface area contributed by atoms with Crippen LogP contribution < -0.4 is 14.5 Å². The number of hydrogen-bond donors (Lipinski definition) is 0. The molecule has 5 rings (SSSR count). The Morgan fingerprint density at radius 3 is 2.08 bits per heavy atom. The lowest BCUT2D eigenvalue weighted by atomic mass is 9.93. The minimum atomic E-state index is -1.31. The predicted molar refractivity (Wildman–Crippen MR) is 151 cm³/mol. The molecule has 0 bridgehead atoms. The number of rotatable bonds is 9. The van der Waals surface area contributed by atoms with Crippen LogP contribution in [0.1, 0.15) is 49.3 Å². The number of para-hydroxylation sites is 1. The smallest absolute Gasteiger partial charge is 0.342 e. The Kier molecular flexibility index (Phi) is 7.05. The van der Waals surface area contributed by atoms with E-state index in [1.165, 1.54) is 0 Å². The van der Waals surface area contributed by atoms with Gasteiger partial charge in [-0.05, 0) is 88.4 Å². The van der Waals surface area contributed by atoms with Crippen molar-refractivity contribution >= 4 is 23.0 Å². The van der Waals surface area contributed by atoms with E-state index in [0.29, 0.717) is 11.3 Å². The van der Waals surface area contributed by atoms with Crippen LogP contribution in [0.15, 0.2) is 97.2 Å². The van der Waals surface area contributed by atoms with E-state index in [1.807, 2.05) is 80.6 Å². The highest BCUT2D eigenvalue weighted by atomic mass is 16.6. The van der Waals surface area contributed by atoms with Gasteiger partial charge in [-0.2, -0.15) is 0 Å². The molecule has 1 aromatic heterocycles. The van der Waals surface area contributed by atoms with Crippen molar-refractivity contribution in [2.24, 2.45) is 0 Å². The van der Waals surface area contributed by atoms with Gasteiger partial charge in [0.1, 0.15) is 11.4 Å². The molecular formula is C32H33N3O3. The average molecular weight is 508 g/mol. The third-order valence-corrected chi connectivity index (χ3v) is 6.77. The predicted octanol–water partition coefficient (Wildman–Crippen LogP) is 6.92. The molecule has 1 unspecified atom stereocenters. The molecular weight excluding hydrogens is 474 g/mol. The maximum atomic E-state index is 13.3. The van der Waals surface area contributed by atoms with Crippen molar-refractivity contribution in [3.05, 3.63) is 114 Å². The number of esters is 1. The highest BCUT2D eigenvalue weighted by Gasteiger charge is 2.54. The Morgan fingerprint density at radius 2 is 1.45 bits per heavy atom. The van der Waals surface area contributed by atoms with Gasteiger partial charge in [0.25, 0.3) is 5.72 Å². The largest absolute Gasteiger partial charge is 0.491 e. The van der Waals surface area contributed by atoms with Gasteiger partial charge in [-0.1, -0.05) is 30.3 Å². The van der Waals surface area contributed by atoms with Crippen LogP contribution in [0.4, 0.5) is 17.1 Å². The molecule has 38 heavy (non-hydrogen) atoms. The monoisotopic (exact) mass is 507 g/mol. The molecule has 0 radical (unpaired) electrons. The molecule has 1 aliphatic heterocycles. The third-order valence-electron chi connectivity index (χ3n) is 6.77. The van der Waals surface area contributed by atoms with Gasteiger partial charge in [-0.15, -0.1) is 0 Å². The minimum Gasteiger partial charge on any atom is -0.491 e. The standard InChI is InChI=1S/C32H33N3O3/c1-5-34(6-2)25-16-14-24(15-17-25)32(30-29(31(36)38-32)13-10-22-33-30)35(26-11-8-7-9-12-26)27-18-20-28(21-19-27)37-23(3)4/h7-23H,5-6H2,1-4H3. The first kappa shape index (κ1) is 25.3. The second-order valence-corrected chi connectivity index (χ2v) is 9.48. The van der Waals surface area contributed by atoms with Crippen LogP contribution >= 0.6 is 0 Å². The van der Waals surface area contributed by atoms with Crippen molar-refractivity contribution in [3.8, 4) is 5.75 Å². The van der Waals surface area contributed by atoms with Crippen molar-refractivity contribution in [1.82, 2.24) is 4.98 Å². The molecule has 6 heteroatoms. The highest BCUT2D eigenvalue weighted by molar-refractivity contribution is 5.96. The Balaban J connectivity index is 1.74. The molecule has 0 aliphatic carbocycles. The maximum absolute atomic E-state index is 13.3. The van der Waals surface area contributed by atoms with Crippen LogP contribution in [-0.4, -0.2) is 30.1 Å². The number of carbonyl (C=O) groups excluding carboxylic acids is 1. The lowest BCUT2D eigenvalue weighted by molar-refractivity contribution is 0.0122. The summed E-state index contributed by atoms with van der Waals surface area (Å²) in [5.41, 5.74) is 3.34. The summed E-state index contributed by atoms with van der Waals surface area (Å²) in [5.74, 6) is 0.373. The summed E-state index contributed by atoms with van der Waals surface area (Å²) >= 11 is 0. The van der Waals surface area contributed by atoms with E-state index >= 15 is 0 Å². The van der Waals surface area contributed by atoms with E-state index in [4.69, 9.17) is 14.5 Å². The summed E-state index contributed by atoms with van der Waals surface area (Å²) in [6.07, 6.45) is 1.77. The van der Waals surface area contributed by atoms with Crippen LogP contribution in [-0.2, 0) is 10.5 Å². The molecule has 0 fully saturated rings. The summed E-state index contributed by atoms with van der Waals surface area (Å²) in [7, 11) is 0. The van der Waals surface area contributed by atoms with Gasteiger partial charge >= 0.3 is 5.97 Å². The highest BCUT2D eigenvalue weighted by Crippen LogP contribution is 2.49. The molecule has 0 saturated carbocycles. The van der Waals surface area contributed by atoms with E-state index < -0.39 is 11.7 Å². The van der Waals surface area contributed by atoms with Gasteiger partial charge in [0.05, 0.1) is 11.7 Å². The second-order valence-electron chi connectivity index (χ2n) is 9.48. The van der Waals surface area contributed by atoms with Gasteiger partial charge in [0.15, 0.2) is 0 Å². The molecule has 0 spiro atoms. The summed E-state index contributed by atoms with van der Waals surface area (Å²) in [6.45, 7) is 10.1. The topological polar surface area (TPSA) is 54.9 Å². The van der Waals surface area contributed by atoms with E-state index in [9.17, 15) is 4.79 Å². The Hall–Kier alpha value is -4.32. The van der Waals surface area contributed by atoms with Crippen LogP contribution in [0.25, 0.3) is 0 Å². The van der Waals surface area contributed by atoms with Crippen molar-refractivity contribution in [3.63, 3.8) is 0 Å². The zero-order chi connectivity index (χ0) is 26.7. The van der Waals surface area contributed by atoms with Gasteiger partial charge in [0.2, 0.25) is 0 Å². The minimum absolute atomic E-state index is 0.0635. The average Bonchev–Trinajstić information content (AvgIpc) is 3.24. The normalized spacial score (nSPS) is 16.2. The quantitative estimate of drug-likeness (QED) is 0.229. The Labute approximate surface area is 224 Å². The van der Waals surface area contributed by atoms with Gasteiger partial charge in [0, 0.05) is 41.9 Å². The van der Waals surface area contributed by atoms with Crippen LogP contribution in [0, 0.1) is 0 Å². The van der Waals surface area contributed by atoms with Crippen molar-refractivity contribution < 1.29 is 14.3 Å². The number of cyclic esters (lactones) is 1. The molecule has 1 aliphatic rings. The lowest BCUT2D eigenvalue weighted by Crippen LogP contribution is -2.45. The molecule has 3 aromatic carbocycles. The number of carbonyl (C=O) groups is 1. The summed E-state index contributed by atoms with van der Waals surface area (Å²) in [4.78, 5) is 22.4. The fourth-order valence-electron chi connectivity index (χ4n) is 5.08. The van der Waals surface area contributed by atoms with E-state index in [2.05, 4.69) is 35.8 Å². The van der Waals surface area contributed by atoms with Crippen LogP contribution in [0.3, 0.4) is 0 Å². The number of fused-ring (bicyclic) bond motifs is 1. The first-order valence-corrected chi connectivity index (χ1v) is 13.1.